The first-order valence-corrected chi connectivity index (χ1v) is 10.6. The van der Waals surface area contributed by atoms with E-state index in [9.17, 15) is 14.4 Å². The Morgan fingerprint density at radius 3 is 2.55 bits per heavy atom. The van der Waals surface area contributed by atoms with Gasteiger partial charge in [-0.2, -0.15) is 0 Å². The van der Waals surface area contributed by atoms with Gasteiger partial charge >= 0.3 is 0 Å². The molecule has 1 saturated heterocycles. The summed E-state index contributed by atoms with van der Waals surface area (Å²) in [7, 11) is 1.48. The van der Waals surface area contributed by atoms with E-state index >= 15 is 0 Å². The summed E-state index contributed by atoms with van der Waals surface area (Å²) in [6.07, 6.45) is 1.51. The first kappa shape index (κ1) is 22.4. The summed E-state index contributed by atoms with van der Waals surface area (Å²) < 4.78 is 10.7. The molecule has 2 heterocycles. The predicted molar refractivity (Wildman–Crippen MR) is 122 cm³/mol. The molecule has 33 heavy (non-hydrogen) atoms. The molecule has 8 nitrogen and oxygen atoms in total. The van der Waals surface area contributed by atoms with Crippen molar-refractivity contribution in [2.24, 2.45) is 0 Å². The number of furan rings is 1. The van der Waals surface area contributed by atoms with Crippen molar-refractivity contribution in [3.05, 3.63) is 83.3 Å². The first-order chi connectivity index (χ1) is 16.0. The Labute approximate surface area is 195 Å². The van der Waals surface area contributed by atoms with Crippen LogP contribution in [0.2, 0.25) is 5.02 Å². The summed E-state index contributed by atoms with van der Waals surface area (Å²) >= 11 is 5.93. The summed E-state index contributed by atoms with van der Waals surface area (Å²) in [5.41, 5.74) is 0.983. The van der Waals surface area contributed by atoms with E-state index < -0.39 is 0 Å². The van der Waals surface area contributed by atoms with Crippen LogP contribution in [0.25, 0.3) is 0 Å². The number of anilines is 1. The lowest BCUT2D eigenvalue weighted by Crippen LogP contribution is -2.42. The van der Waals surface area contributed by atoms with Crippen LogP contribution in [0.1, 0.15) is 16.1 Å². The van der Waals surface area contributed by atoms with E-state index in [0.717, 1.165) is 0 Å². The van der Waals surface area contributed by atoms with E-state index in [1.807, 2.05) is 0 Å². The van der Waals surface area contributed by atoms with Gasteiger partial charge in [0, 0.05) is 10.7 Å². The molecule has 9 heteroatoms. The van der Waals surface area contributed by atoms with Gasteiger partial charge in [0.2, 0.25) is 11.8 Å². The highest BCUT2D eigenvalue weighted by Crippen LogP contribution is 2.23. The van der Waals surface area contributed by atoms with Crippen LogP contribution in [0, 0.1) is 0 Å². The molecule has 3 amide bonds. The molecule has 1 aliphatic rings. The van der Waals surface area contributed by atoms with Crippen molar-refractivity contribution in [2.75, 3.05) is 31.8 Å². The van der Waals surface area contributed by atoms with Crippen LogP contribution in [0.3, 0.4) is 0 Å². The first-order valence-electron chi connectivity index (χ1n) is 10.2. The third-order valence-corrected chi connectivity index (χ3v) is 5.56. The molecule has 4 rings (SSSR count). The normalized spacial score (nSPS) is 13.3. The molecule has 0 saturated carbocycles. The minimum absolute atomic E-state index is 0.0705. The average molecular weight is 468 g/mol. The number of rotatable bonds is 7. The third-order valence-electron chi connectivity index (χ3n) is 5.31. The molecule has 0 N–H and O–H groups in total. The van der Waals surface area contributed by atoms with Crippen LogP contribution >= 0.6 is 11.6 Å². The molecule has 170 valence electrons. The second kappa shape index (κ2) is 9.79. The summed E-state index contributed by atoms with van der Waals surface area (Å²) in [6.45, 7) is -0.104. The number of amides is 3. The second-order valence-corrected chi connectivity index (χ2v) is 7.91. The van der Waals surface area contributed by atoms with Crippen molar-refractivity contribution < 1.29 is 23.5 Å². The molecule has 0 aliphatic carbocycles. The summed E-state index contributed by atoms with van der Waals surface area (Å²) in [6, 6.07) is 17.1. The van der Waals surface area contributed by atoms with E-state index in [0.29, 0.717) is 27.8 Å². The number of carbonyl (C=O) groups excluding carboxylic acids is 3. The van der Waals surface area contributed by atoms with Crippen molar-refractivity contribution in [3.63, 3.8) is 0 Å². The molecular formula is C24H22ClN3O5. The molecule has 1 aliphatic heterocycles. The van der Waals surface area contributed by atoms with Crippen molar-refractivity contribution in [1.82, 2.24) is 9.80 Å². The Bertz CT molecular complexity index is 1150. The Hall–Kier alpha value is -3.78. The van der Waals surface area contributed by atoms with E-state index in [-0.39, 0.29) is 44.0 Å². The van der Waals surface area contributed by atoms with E-state index in [1.54, 1.807) is 60.7 Å². The van der Waals surface area contributed by atoms with Gasteiger partial charge in [0.1, 0.15) is 31.3 Å². The van der Waals surface area contributed by atoms with Crippen molar-refractivity contribution in [3.8, 4) is 5.75 Å². The number of carbonyl (C=O) groups is 3. The largest absolute Gasteiger partial charge is 0.496 e. The minimum Gasteiger partial charge on any atom is -0.496 e. The monoisotopic (exact) mass is 467 g/mol. The van der Waals surface area contributed by atoms with Gasteiger partial charge in [-0.3, -0.25) is 19.3 Å². The third kappa shape index (κ3) is 5.01. The molecule has 0 spiro atoms. The van der Waals surface area contributed by atoms with Crippen molar-refractivity contribution in [2.45, 2.75) is 6.54 Å². The molecule has 0 unspecified atom stereocenters. The van der Waals surface area contributed by atoms with E-state index in [4.69, 9.17) is 20.8 Å². The Balaban J connectivity index is 1.52. The van der Waals surface area contributed by atoms with Crippen LogP contribution in [0.5, 0.6) is 5.75 Å². The predicted octanol–water partition coefficient (Wildman–Crippen LogP) is 3.42. The zero-order chi connectivity index (χ0) is 23.4. The lowest BCUT2D eigenvalue weighted by atomic mass is 10.1. The van der Waals surface area contributed by atoms with Crippen molar-refractivity contribution in [1.29, 1.82) is 0 Å². The molecule has 2 aromatic carbocycles. The van der Waals surface area contributed by atoms with E-state index in [1.165, 1.54) is 28.1 Å². The Morgan fingerprint density at radius 1 is 1.09 bits per heavy atom. The number of nitrogens with zero attached hydrogens (tertiary/aromatic N) is 3. The van der Waals surface area contributed by atoms with Gasteiger partial charge in [-0.05, 0) is 48.5 Å². The maximum absolute atomic E-state index is 13.3. The minimum atomic E-state index is -0.378. The molecule has 0 radical (unpaired) electrons. The zero-order valence-electron chi connectivity index (χ0n) is 17.9. The number of methoxy groups -OCH3 is 1. The Kier molecular flexibility index (Phi) is 6.65. The summed E-state index contributed by atoms with van der Waals surface area (Å²) in [5, 5.41) is 0.557. The fourth-order valence-corrected chi connectivity index (χ4v) is 3.73. The number of ether oxygens (including phenoxy) is 1. The molecular weight excluding hydrogens is 446 g/mol. The lowest BCUT2D eigenvalue weighted by Gasteiger charge is -2.25. The van der Waals surface area contributed by atoms with Crippen LogP contribution < -0.4 is 9.64 Å². The number of benzene rings is 2. The van der Waals surface area contributed by atoms with E-state index in [2.05, 4.69) is 0 Å². The number of hydrogen-bond acceptors (Lipinski definition) is 5. The number of para-hydroxylation sites is 1. The van der Waals surface area contributed by atoms with Gasteiger partial charge in [0.25, 0.3) is 5.91 Å². The van der Waals surface area contributed by atoms with Crippen LogP contribution in [-0.4, -0.2) is 54.4 Å². The number of halogens is 1. The fourth-order valence-electron chi connectivity index (χ4n) is 3.61. The maximum atomic E-state index is 13.3. The van der Waals surface area contributed by atoms with Gasteiger partial charge in [-0.1, -0.05) is 23.7 Å². The quantitative estimate of drug-likeness (QED) is 0.531. The zero-order valence-corrected chi connectivity index (χ0v) is 18.7. The van der Waals surface area contributed by atoms with Gasteiger partial charge in [-0.25, -0.2) is 0 Å². The topological polar surface area (TPSA) is 83.3 Å². The highest BCUT2D eigenvalue weighted by molar-refractivity contribution is 6.30. The SMILES string of the molecule is COc1ccccc1C(=O)N(CC(=O)N1CC(=O)N(c2ccc(Cl)cc2)C1)Cc1ccco1. The van der Waals surface area contributed by atoms with Gasteiger partial charge in [-0.15, -0.1) is 0 Å². The maximum Gasteiger partial charge on any atom is 0.258 e. The summed E-state index contributed by atoms with van der Waals surface area (Å²) in [4.78, 5) is 43.3. The van der Waals surface area contributed by atoms with Crippen LogP contribution in [0.15, 0.2) is 71.3 Å². The lowest BCUT2D eigenvalue weighted by molar-refractivity contribution is -0.132. The van der Waals surface area contributed by atoms with Gasteiger partial charge in [0.15, 0.2) is 0 Å². The molecule has 0 atom stereocenters. The molecule has 1 fully saturated rings. The average Bonchev–Trinajstić information content (AvgIpc) is 3.48. The highest BCUT2D eigenvalue weighted by atomic mass is 35.5. The second-order valence-electron chi connectivity index (χ2n) is 7.47. The smallest absolute Gasteiger partial charge is 0.258 e. The highest BCUT2D eigenvalue weighted by Gasteiger charge is 2.33. The standard InChI is InChI=1S/C24H22ClN3O5/c1-32-21-7-3-2-6-20(21)24(31)26(13-19-5-4-12-33-19)14-22(29)27-15-23(30)28(16-27)18-10-8-17(25)9-11-18/h2-12H,13-16H2,1H3. The number of hydrogen-bond donors (Lipinski definition) is 0. The van der Waals surface area contributed by atoms with Crippen LogP contribution in [-0.2, 0) is 16.1 Å². The summed E-state index contributed by atoms with van der Waals surface area (Å²) in [5.74, 6) is 0.00204. The van der Waals surface area contributed by atoms with Crippen molar-refractivity contribution >= 4 is 35.0 Å². The van der Waals surface area contributed by atoms with Crippen LogP contribution in [0.4, 0.5) is 5.69 Å². The van der Waals surface area contributed by atoms with Gasteiger partial charge < -0.3 is 19.0 Å². The fraction of sp³-hybridized carbons (Fsp3) is 0.208. The van der Waals surface area contributed by atoms with Gasteiger partial charge in [0.05, 0.1) is 25.5 Å². The molecule has 0 bridgehead atoms. The molecule has 3 aromatic rings. The molecule has 1 aromatic heterocycles. The Morgan fingerprint density at radius 2 is 1.85 bits per heavy atom.